The summed E-state index contributed by atoms with van der Waals surface area (Å²) in [7, 11) is 1.61. The van der Waals surface area contributed by atoms with Crippen molar-refractivity contribution >= 4 is 11.9 Å². The summed E-state index contributed by atoms with van der Waals surface area (Å²) in [6.07, 6.45) is 1.07. The summed E-state index contributed by atoms with van der Waals surface area (Å²) in [4.78, 5) is 24.1. The molecule has 0 fully saturated rings. The smallest absolute Gasteiger partial charge is 0.306 e. The second kappa shape index (κ2) is 10.4. The molecular weight excluding hydrogens is 342 g/mol. The van der Waals surface area contributed by atoms with Gasteiger partial charge in [-0.05, 0) is 35.6 Å². The predicted molar refractivity (Wildman–Crippen MR) is 104 cm³/mol. The Morgan fingerprint density at radius 3 is 2.19 bits per heavy atom. The van der Waals surface area contributed by atoms with E-state index >= 15 is 0 Å². The van der Waals surface area contributed by atoms with Crippen LogP contribution in [0.1, 0.15) is 43.9 Å². The van der Waals surface area contributed by atoms with Gasteiger partial charge in [0.1, 0.15) is 5.75 Å². The van der Waals surface area contributed by atoms with Crippen LogP contribution in [0.25, 0.3) is 0 Å². The maximum Gasteiger partial charge on any atom is 0.306 e. The Hall–Kier alpha value is -2.82. The second-order valence-corrected chi connectivity index (χ2v) is 6.78. The number of carbonyl (C=O) groups excluding carboxylic acids is 2. The van der Waals surface area contributed by atoms with E-state index < -0.39 is 0 Å². The molecule has 1 amide bonds. The first-order chi connectivity index (χ1) is 13.0. The molecule has 0 aliphatic rings. The highest BCUT2D eigenvalue weighted by Crippen LogP contribution is 2.24. The molecule has 0 radical (unpaired) electrons. The van der Waals surface area contributed by atoms with Gasteiger partial charge in [-0.3, -0.25) is 9.59 Å². The highest BCUT2D eigenvalue weighted by Gasteiger charge is 2.18. The van der Waals surface area contributed by atoms with Crippen LogP contribution in [0.5, 0.6) is 5.75 Å². The quantitative estimate of drug-likeness (QED) is 0.681. The summed E-state index contributed by atoms with van der Waals surface area (Å²) in [5.41, 5.74) is 1.86. The molecule has 0 aliphatic carbocycles. The molecular formula is C22H27NO4. The summed E-state index contributed by atoms with van der Waals surface area (Å²) in [5.74, 6) is 0.483. The zero-order chi connectivity index (χ0) is 19.6. The first-order valence-corrected chi connectivity index (χ1v) is 9.13. The molecule has 2 rings (SSSR count). The minimum atomic E-state index is -0.348. The van der Waals surface area contributed by atoms with Crippen LogP contribution in [0.2, 0.25) is 0 Å². The number of hydrogen-bond donors (Lipinski definition) is 1. The lowest BCUT2D eigenvalue weighted by atomic mass is 9.98. The standard InChI is InChI=1S/C22H27NO4/c1-16(2)9-14-21(25)27-15-20(24)23-22(17-7-5-4-6-8-17)18-10-12-19(26-3)13-11-18/h4-8,10-13,16,22H,9,14-15H2,1-3H3,(H,23,24)/t22-/m1/s1. The van der Waals surface area contributed by atoms with Gasteiger partial charge in [-0.1, -0.05) is 56.3 Å². The summed E-state index contributed by atoms with van der Waals surface area (Å²) >= 11 is 0. The van der Waals surface area contributed by atoms with Gasteiger partial charge in [0.2, 0.25) is 0 Å². The topological polar surface area (TPSA) is 64.6 Å². The summed E-state index contributed by atoms with van der Waals surface area (Å²) in [6, 6.07) is 16.8. The molecule has 5 nitrogen and oxygen atoms in total. The maximum absolute atomic E-state index is 12.4. The molecule has 27 heavy (non-hydrogen) atoms. The van der Waals surface area contributed by atoms with E-state index in [0.717, 1.165) is 23.3 Å². The monoisotopic (exact) mass is 369 g/mol. The van der Waals surface area contributed by atoms with Gasteiger partial charge in [-0.2, -0.15) is 0 Å². The SMILES string of the molecule is COc1ccc([C@H](NC(=O)COC(=O)CCC(C)C)c2ccccc2)cc1. The lowest BCUT2D eigenvalue weighted by Crippen LogP contribution is -2.33. The first kappa shape index (κ1) is 20.5. The molecule has 0 bridgehead atoms. The van der Waals surface area contributed by atoms with E-state index in [-0.39, 0.29) is 24.5 Å². The van der Waals surface area contributed by atoms with E-state index in [1.165, 1.54) is 0 Å². The maximum atomic E-state index is 12.4. The lowest BCUT2D eigenvalue weighted by molar-refractivity contribution is -0.148. The third-order valence-corrected chi connectivity index (χ3v) is 4.18. The van der Waals surface area contributed by atoms with Crippen LogP contribution in [-0.4, -0.2) is 25.6 Å². The number of methoxy groups -OCH3 is 1. The van der Waals surface area contributed by atoms with Crippen molar-refractivity contribution in [3.8, 4) is 5.75 Å². The van der Waals surface area contributed by atoms with E-state index in [2.05, 4.69) is 5.32 Å². The summed E-state index contributed by atoms with van der Waals surface area (Å²) in [5, 5.41) is 2.95. The fraction of sp³-hybridized carbons (Fsp3) is 0.364. The molecule has 0 unspecified atom stereocenters. The van der Waals surface area contributed by atoms with Gasteiger partial charge in [-0.15, -0.1) is 0 Å². The Kier molecular flexibility index (Phi) is 7.86. The largest absolute Gasteiger partial charge is 0.497 e. The summed E-state index contributed by atoms with van der Waals surface area (Å²) < 4.78 is 10.3. The number of benzene rings is 2. The summed E-state index contributed by atoms with van der Waals surface area (Å²) in [6.45, 7) is 3.80. The van der Waals surface area contributed by atoms with Crippen LogP contribution in [0.4, 0.5) is 0 Å². The van der Waals surface area contributed by atoms with E-state index in [9.17, 15) is 9.59 Å². The third-order valence-electron chi connectivity index (χ3n) is 4.18. The number of amides is 1. The third kappa shape index (κ3) is 6.77. The van der Waals surface area contributed by atoms with Gasteiger partial charge in [-0.25, -0.2) is 0 Å². The van der Waals surface area contributed by atoms with Gasteiger partial charge < -0.3 is 14.8 Å². The fourth-order valence-electron chi connectivity index (χ4n) is 2.63. The van der Waals surface area contributed by atoms with Crippen LogP contribution < -0.4 is 10.1 Å². The lowest BCUT2D eigenvalue weighted by Gasteiger charge is -2.20. The van der Waals surface area contributed by atoms with Gasteiger partial charge in [0, 0.05) is 6.42 Å². The number of carbonyl (C=O) groups is 2. The minimum absolute atomic E-state index is 0.281. The van der Waals surface area contributed by atoms with Crippen molar-refractivity contribution in [3.05, 3.63) is 65.7 Å². The van der Waals surface area contributed by atoms with Crippen molar-refractivity contribution in [1.29, 1.82) is 0 Å². The Bertz CT molecular complexity index is 726. The zero-order valence-electron chi connectivity index (χ0n) is 16.1. The van der Waals surface area contributed by atoms with E-state index in [0.29, 0.717) is 12.3 Å². The number of nitrogens with one attached hydrogen (secondary N) is 1. The van der Waals surface area contributed by atoms with E-state index in [4.69, 9.17) is 9.47 Å². The van der Waals surface area contributed by atoms with Crippen molar-refractivity contribution in [3.63, 3.8) is 0 Å². The Balaban J connectivity index is 2.03. The number of rotatable bonds is 9. The van der Waals surface area contributed by atoms with Crippen LogP contribution in [0.3, 0.4) is 0 Å². The predicted octanol–water partition coefficient (Wildman–Crippen LogP) is 3.88. The molecule has 5 heteroatoms. The molecule has 144 valence electrons. The van der Waals surface area contributed by atoms with Crippen LogP contribution in [0.15, 0.2) is 54.6 Å². The second-order valence-electron chi connectivity index (χ2n) is 6.78. The van der Waals surface area contributed by atoms with Crippen molar-refractivity contribution in [2.45, 2.75) is 32.7 Å². The molecule has 0 heterocycles. The highest BCUT2D eigenvalue weighted by molar-refractivity contribution is 5.81. The van der Waals surface area contributed by atoms with Gasteiger partial charge in [0.05, 0.1) is 13.2 Å². The Morgan fingerprint density at radius 1 is 0.963 bits per heavy atom. The average Bonchev–Trinajstić information content (AvgIpc) is 2.69. The normalized spacial score (nSPS) is 11.7. The molecule has 0 saturated carbocycles. The average molecular weight is 369 g/mol. The van der Waals surface area contributed by atoms with Crippen LogP contribution >= 0.6 is 0 Å². The van der Waals surface area contributed by atoms with Crippen molar-refractivity contribution < 1.29 is 19.1 Å². The Labute approximate surface area is 160 Å². The van der Waals surface area contributed by atoms with Gasteiger partial charge >= 0.3 is 5.97 Å². The molecule has 0 aromatic heterocycles. The van der Waals surface area contributed by atoms with E-state index in [1.807, 2.05) is 68.4 Å². The first-order valence-electron chi connectivity index (χ1n) is 9.13. The van der Waals surface area contributed by atoms with Crippen molar-refractivity contribution in [1.82, 2.24) is 5.32 Å². The minimum Gasteiger partial charge on any atom is -0.497 e. The molecule has 2 aromatic carbocycles. The zero-order valence-corrected chi connectivity index (χ0v) is 16.1. The molecule has 0 spiro atoms. The fourth-order valence-corrected chi connectivity index (χ4v) is 2.63. The molecule has 2 aromatic rings. The molecule has 0 aliphatic heterocycles. The number of hydrogen-bond acceptors (Lipinski definition) is 4. The van der Waals surface area contributed by atoms with Crippen molar-refractivity contribution in [2.75, 3.05) is 13.7 Å². The number of esters is 1. The van der Waals surface area contributed by atoms with Crippen LogP contribution in [0, 0.1) is 5.92 Å². The van der Waals surface area contributed by atoms with E-state index in [1.54, 1.807) is 7.11 Å². The van der Waals surface area contributed by atoms with Crippen LogP contribution in [-0.2, 0) is 14.3 Å². The highest BCUT2D eigenvalue weighted by atomic mass is 16.5. The molecule has 1 N–H and O–H groups in total. The molecule has 1 atom stereocenters. The van der Waals surface area contributed by atoms with Gasteiger partial charge in [0.25, 0.3) is 5.91 Å². The molecule has 0 saturated heterocycles. The Morgan fingerprint density at radius 2 is 1.59 bits per heavy atom. The van der Waals surface area contributed by atoms with Crippen molar-refractivity contribution in [2.24, 2.45) is 5.92 Å². The number of ether oxygens (including phenoxy) is 2. The van der Waals surface area contributed by atoms with Gasteiger partial charge in [0.15, 0.2) is 6.61 Å².